The van der Waals surface area contributed by atoms with Crippen LogP contribution in [0.1, 0.15) is 11.1 Å². The maximum atomic E-state index is 12.9. The number of hydrogen-bond donors (Lipinski definition) is 0. The van der Waals surface area contributed by atoms with Gasteiger partial charge in [-0.15, -0.1) is 0 Å². The number of fused-ring (bicyclic) bond motifs is 1. The highest BCUT2D eigenvalue weighted by atomic mass is 35.5. The molecule has 4 rings (SSSR count). The van der Waals surface area contributed by atoms with Gasteiger partial charge in [0, 0.05) is 22.7 Å². The van der Waals surface area contributed by atoms with Gasteiger partial charge < -0.3 is 9.15 Å². The van der Waals surface area contributed by atoms with Crippen LogP contribution >= 0.6 is 11.6 Å². The Morgan fingerprint density at radius 1 is 1.00 bits per heavy atom. The largest absolute Gasteiger partial charge is 0.463 e. The second-order valence-electron chi connectivity index (χ2n) is 6.78. The molecule has 0 aliphatic heterocycles. The number of carbonyl (C=O) groups is 1. The van der Waals surface area contributed by atoms with Gasteiger partial charge >= 0.3 is 5.97 Å². The molecule has 0 aliphatic carbocycles. The Balaban J connectivity index is 1.57. The molecule has 0 aliphatic rings. The van der Waals surface area contributed by atoms with E-state index in [0.29, 0.717) is 27.1 Å². The van der Waals surface area contributed by atoms with Gasteiger partial charge in [-0.2, -0.15) is 0 Å². The van der Waals surface area contributed by atoms with Crippen LogP contribution in [0.2, 0.25) is 5.02 Å². The fraction of sp³-hybridized carbons (Fsp3) is 0.0400. The van der Waals surface area contributed by atoms with Crippen LogP contribution in [-0.2, 0) is 4.79 Å². The summed E-state index contributed by atoms with van der Waals surface area (Å²) in [6.45, 7) is 2.00. The second-order valence-corrected chi connectivity index (χ2v) is 7.19. The number of aryl methyl sites for hydroxylation is 1. The lowest BCUT2D eigenvalue weighted by Crippen LogP contribution is -2.06. The summed E-state index contributed by atoms with van der Waals surface area (Å²) in [5.74, 6) is -0.236. The summed E-state index contributed by atoms with van der Waals surface area (Å²) in [7, 11) is 0. The molecule has 3 aromatic carbocycles. The Labute approximate surface area is 178 Å². The zero-order valence-electron chi connectivity index (χ0n) is 16.1. The Morgan fingerprint density at radius 3 is 2.53 bits per heavy atom. The van der Waals surface area contributed by atoms with Crippen molar-refractivity contribution in [3.63, 3.8) is 0 Å². The van der Waals surface area contributed by atoms with Crippen LogP contribution in [-0.4, -0.2) is 5.97 Å². The van der Waals surface area contributed by atoms with Crippen molar-refractivity contribution < 1.29 is 13.9 Å². The van der Waals surface area contributed by atoms with E-state index >= 15 is 0 Å². The van der Waals surface area contributed by atoms with E-state index in [1.807, 2.05) is 31.2 Å². The van der Waals surface area contributed by atoms with E-state index in [1.165, 1.54) is 18.4 Å². The van der Waals surface area contributed by atoms with Crippen molar-refractivity contribution in [1.29, 1.82) is 0 Å². The molecule has 148 valence electrons. The zero-order chi connectivity index (χ0) is 21.1. The topological polar surface area (TPSA) is 56.5 Å². The highest BCUT2D eigenvalue weighted by Gasteiger charge is 2.13. The molecule has 4 nitrogen and oxygen atoms in total. The average Bonchev–Trinajstić information content (AvgIpc) is 2.74. The molecule has 0 atom stereocenters. The molecule has 0 amide bonds. The van der Waals surface area contributed by atoms with Gasteiger partial charge in [-0.3, -0.25) is 4.79 Å². The summed E-state index contributed by atoms with van der Waals surface area (Å²) in [5, 5.41) is 0.845. The minimum Gasteiger partial charge on any atom is -0.463 e. The first kappa shape index (κ1) is 19.7. The molecule has 0 saturated carbocycles. The van der Waals surface area contributed by atoms with E-state index in [1.54, 1.807) is 42.5 Å². The van der Waals surface area contributed by atoms with E-state index in [4.69, 9.17) is 20.8 Å². The fourth-order valence-electron chi connectivity index (χ4n) is 3.03. The third-order valence-electron chi connectivity index (χ3n) is 4.62. The smallest absolute Gasteiger partial charge is 0.336 e. The van der Waals surface area contributed by atoms with Gasteiger partial charge in [-0.1, -0.05) is 59.6 Å². The number of ether oxygens (including phenoxy) is 1. The standard InChI is InChI=1S/C25H17ClO4/c1-16-6-8-17(9-7-16)10-13-24(27)30-18-11-12-20-23(14-18)29-15-21(25(20)28)19-4-2-3-5-22(19)26/h2-15H,1H3/b13-10+. The molecule has 0 bridgehead atoms. The summed E-state index contributed by atoms with van der Waals surface area (Å²) >= 11 is 6.20. The van der Waals surface area contributed by atoms with Crippen LogP contribution in [0.15, 0.2) is 88.3 Å². The first-order valence-electron chi connectivity index (χ1n) is 9.28. The SMILES string of the molecule is Cc1ccc(/C=C/C(=O)Oc2ccc3c(=O)c(-c4ccccc4Cl)coc3c2)cc1. The lowest BCUT2D eigenvalue weighted by Gasteiger charge is -2.06. The molecule has 5 heteroatoms. The summed E-state index contributed by atoms with van der Waals surface area (Å²) < 4.78 is 11.0. The quantitative estimate of drug-likeness (QED) is 0.231. The fourth-order valence-corrected chi connectivity index (χ4v) is 3.27. The summed E-state index contributed by atoms with van der Waals surface area (Å²) in [5.41, 5.74) is 3.13. The first-order valence-corrected chi connectivity index (χ1v) is 9.66. The third kappa shape index (κ3) is 4.19. The molecule has 0 radical (unpaired) electrons. The highest BCUT2D eigenvalue weighted by Crippen LogP contribution is 2.28. The van der Waals surface area contributed by atoms with Crippen LogP contribution in [0, 0.1) is 6.92 Å². The van der Waals surface area contributed by atoms with Gasteiger partial charge in [0.2, 0.25) is 5.43 Å². The molecule has 0 unspecified atom stereocenters. The second kappa shape index (κ2) is 8.39. The minimum absolute atomic E-state index is 0.207. The molecule has 0 saturated heterocycles. The molecule has 1 aromatic heterocycles. The van der Waals surface area contributed by atoms with Gasteiger partial charge in [0.1, 0.15) is 17.6 Å². The van der Waals surface area contributed by atoms with E-state index < -0.39 is 5.97 Å². The maximum absolute atomic E-state index is 12.9. The van der Waals surface area contributed by atoms with Crippen LogP contribution in [0.25, 0.3) is 28.2 Å². The zero-order valence-corrected chi connectivity index (χ0v) is 16.8. The minimum atomic E-state index is -0.523. The number of carbonyl (C=O) groups excluding carboxylic acids is 1. The van der Waals surface area contributed by atoms with Gasteiger partial charge in [-0.25, -0.2) is 4.79 Å². The lowest BCUT2D eigenvalue weighted by molar-refractivity contribution is -0.128. The normalized spacial score (nSPS) is 11.1. The Morgan fingerprint density at radius 2 is 1.77 bits per heavy atom. The maximum Gasteiger partial charge on any atom is 0.336 e. The number of hydrogen-bond acceptors (Lipinski definition) is 4. The van der Waals surface area contributed by atoms with Crippen molar-refractivity contribution in [2.45, 2.75) is 6.92 Å². The van der Waals surface area contributed by atoms with Crippen molar-refractivity contribution in [3.05, 3.63) is 105 Å². The van der Waals surface area contributed by atoms with Crippen molar-refractivity contribution in [3.8, 4) is 16.9 Å². The van der Waals surface area contributed by atoms with Crippen molar-refractivity contribution in [2.24, 2.45) is 0 Å². The van der Waals surface area contributed by atoms with Crippen LogP contribution in [0.3, 0.4) is 0 Å². The van der Waals surface area contributed by atoms with E-state index in [0.717, 1.165) is 11.1 Å². The van der Waals surface area contributed by atoms with Gasteiger partial charge in [0.15, 0.2) is 0 Å². The number of halogens is 1. The number of benzene rings is 3. The predicted molar refractivity (Wildman–Crippen MR) is 119 cm³/mol. The van der Waals surface area contributed by atoms with Crippen LogP contribution in [0.4, 0.5) is 0 Å². The summed E-state index contributed by atoms with van der Waals surface area (Å²) in [6.07, 6.45) is 4.40. The molecule has 4 aromatic rings. The number of esters is 1. The van der Waals surface area contributed by atoms with E-state index in [9.17, 15) is 9.59 Å². The van der Waals surface area contributed by atoms with Gasteiger partial charge in [-0.05, 0) is 36.8 Å². The van der Waals surface area contributed by atoms with Crippen LogP contribution < -0.4 is 10.2 Å². The molecule has 1 heterocycles. The summed E-state index contributed by atoms with van der Waals surface area (Å²) in [4.78, 5) is 25.0. The highest BCUT2D eigenvalue weighted by molar-refractivity contribution is 6.33. The Kier molecular flexibility index (Phi) is 5.50. The molecule has 0 spiro atoms. The molecule has 30 heavy (non-hydrogen) atoms. The third-order valence-corrected chi connectivity index (χ3v) is 4.95. The van der Waals surface area contributed by atoms with Crippen molar-refractivity contribution >= 4 is 34.6 Å². The molecule has 0 N–H and O–H groups in total. The van der Waals surface area contributed by atoms with Gasteiger partial charge in [0.25, 0.3) is 0 Å². The molecule has 0 fully saturated rings. The first-order chi connectivity index (χ1) is 14.5. The van der Waals surface area contributed by atoms with E-state index in [-0.39, 0.29) is 11.2 Å². The van der Waals surface area contributed by atoms with Crippen molar-refractivity contribution in [1.82, 2.24) is 0 Å². The van der Waals surface area contributed by atoms with Gasteiger partial charge in [0.05, 0.1) is 10.9 Å². The monoisotopic (exact) mass is 416 g/mol. The Hall–Kier alpha value is -3.63. The number of rotatable bonds is 4. The summed E-state index contributed by atoms with van der Waals surface area (Å²) in [6, 6.07) is 19.5. The lowest BCUT2D eigenvalue weighted by atomic mass is 10.1. The predicted octanol–water partition coefficient (Wildman–Crippen LogP) is 6.04. The molecular weight excluding hydrogens is 400 g/mol. The molecular formula is C25H17ClO4. The van der Waals surface area contributed by atoms with Crippen molar-refractivity contribution in [2.75, 3.05) is 0 Å². The van der Waals surface area contributed by atoms with E-state index in [2.05, 4.69) is 0 Å². The average molecular weight is 417 g/mol. The Bertz CT molecular complexity index is 1320. The van der Waals surface area contributed by atoms with Crippen LogP contribution in [0.5, 0.6) is 5.75 Å².